The lowest BCUT2D eigenvalue weighted by atomic mass is 9.92. The van der Waals surface area contributed by atoms with Gasteiger partial charge in [-0.3, -0.25) is 4.79 Å². The number of cyclic esters (lactones) is 1. The molecule has 0 aromatic heterocycles. The summed E-state index contributed by atoms with van der Waals surface area (Å²) in [4.78, 5) is 11.7. The van der Waals surface area contributed by atoms with Crippen molar-refractivity contribution in [3.05, 3.63) is 33.8 Å². The van der Waals surface area contributed by atoms with Crippen molar-refractivity contribution < 1.29 is 14.3 Å². The lowest BCUT2D eigenvalue weighted by molar-refractivity contribution is -0.145. The lowest BCUT2D eigenvalue weighted by Gasteiger charge is -2.10. The van der Waals surface area contributed by atoms with Crippen molar-refractivity contribution in [1.82, 2.24) is 0 Å². The van der Waals surface area contributed by atoms with Crippen LogP contribution in [0.2, 0.25) is 10.0 Å². The molecule has 0 saturated carbocycles. The van der Waals surface area contributed by atoms with Crippen molar-refractivity contribution in [3.8, 4) is 0 Å². The Morgan fingerprint density at radius 1 is 1.33 bits per heavy atom. The number of carbonyl (C=O) groups excluding carboxylic acids is 1. The van der Waals surface area contributed by atoms with E-state index in [1.807, 2.05) is 6.07 Å². The molecule has 1 aliphatic rings. The molecule has 0 amide bonds. The number of rotatable bonds is 6. The normalized spacial score (nSPS) is 21.9. The highest BCUT2D eigenvalue weighted by Gasteiger charge is 2.35. The van der Waals surface area contributed by atoms with E-state index in [1.54, 1.807) is 12.1 Å². The molecule has 2 unspecified atom stereocenters. The Hall–Kier alpha value is -0.770. The van der Waals surface area contributed by atoms with E-state index in [2.05, 4.69) is 13.8 Å². The molecule has 0 aliphatic carbocycles. The van der Waals surface area contributed by atoms with E-state index in [1.165, 1.54) is 0 Å². The molecule has 116 valence electrons. The van der Waals surface area contributed by atoms with E-state index in [0.29, 0.717) is 29.2 Å². The zero-order valence-corrected chi connectivity index (χ0v) is 13.8. The third-order valence-corrected chi connectivity index (χ3v) is 4.48. The summed E-state index contributed by atoms with van der Waals surface area (Å²) in [5.41, 5.74) is 0.980. The minimum atomic E-state index is -0.0699. The fourth-order valence-electron chi connectivity index (χ4n) is 2.43. The second-order valence-electron chi connectivity index (χ2n) is 5.73. The predicted molar refractivity (Wildman–Crippen MR) is 83.6 cm³/mol. The molecule has 1 heterocycles. The first-order valence-electron chi connectivity index (χ1n) is 7.19. The van der Waals surface area contributed by atoms with Gasteiger partial charge in [0, 0.05) is 6.42 Å². The topological polar surface area (TPSA) is 35.5 Å². The number of halogens is 2. The molecular weight excluding hydrogens is 311 g/mol. The average molecular weight is 331 g/mol. The molecule has 0 spiro atoms. The number of hydrogen-bond donors (Lipinski definition) is 0. The van der Waals surface area contributed by atoms with E-state index in [0.717, 1.165) is 18.4 Å². The Labute approximate surface area is 135 Å². The minimum Gasteiger partial charge on any atom is -0.462 e. The maximum atomic E-state index is 11.7. The molecule has 5 heteroatoms. The fraction of sp³-hybridized carbons (Fsp3) is 0.562. The molecular formula is C16H20Cl2O3. The van der Waals surface area contributed by atoms with Gasteiger partial charge in [0.1, 0.15) is 6.10 Å². The molecule has 1 fully saturated rings. The average Bonchev–Trinajstić information content (AvgIpc) is 2.80. The van der Waals surface area contributed by atoms with E-state index >= 15 is 0 Å². The maximum Gasteiger partial charge on any atom is 0.309 e. The van der Waals surface area contributed by atoms with Crippen LogP contribution < -0.4 is 0 Å². The van der Waals surface area contributed by atoms with Gasteiger partial charge in [0.25, 0.3) is 0 Å². The van der Waals surface area contributed by atoms with Gasteiger partial charge in [-0.25, -0.2) is 0 Å². The lowest BCUT2D eigenvalue weighted by Crippen LogP contribution is -2.13. The molecule has 1 aromatic carbocycles. The number of ether oxygens (including phenoxy) is 2. The van der Waals surface area contributed by atoms with Gasteiger partial charge in [0.2, 0.25) is 0 Å². The van der Waals surface area contributed by atoms with Gasteiger partial charge < -0.3 is 9.47 Å². The zero-order valence-electron chi connectivity index (χ0n) is 12.3. The monoisotopic (exact) mass is 330 g/mol. The summed E-state index contributed by atoms with van der Waals surface area (Å²) in [5.74, 6) is 0.296. The van der Waals surface area contributed by atoms with Crippen molar-refractivity contribution in [3.63, 3.8) is 0 Å². The van der Waals surface area contributed by atoms with Gasteiger partial charge in [0.15, 0.2) is 0 Å². The first-order valence-corrected chi connectivity index (χ1v) is 7.95. The number of hydrogen-bond acceptors (Lipinski definition) is 3. The molecule has 0 bridgehead atoms. The Morgan fingerprint density at radius 2 is 2.10 bits per heavy atom. The van der Waals surface area contributed by atoms with Crippen molar-refractivity contribution in [2.75, 3.05) is 6.61 Å². The van der Waals surface area contributed by atoms with E-state index in [-0.39, 0.29) is 18.0 Å². The largest absolute Gasteiger partial charge is 0.462 e. The van der Waals surface area contributed by atoms with Crippen molar-refractivity contribution in [1.29, 1.82) is 0 Å². The van der Waals surface area contributed by atoms with Crippen LogP contribution in [0.4, 0.5) is 0 Å². The number of benzene rings is 1. The molecule has 1 aromatic rings. The van der Waals surface area contributed by atoms with Gasteiger partial charge in [-0.2, -0.15) is 0 Å². The first kappa shape index (κ1) is 16.6. The predicted octanol–water partition coefficient (Wildman–Crippen LogP) is 4.49. The van der Waals surface area contributed by atoms with Crippen LogP contribution in [0.1, 0.15) is 32.3 Å². The standard InChI is InChI=1S/C16H20Cl2O3/c1-10(2)13-8-12(21-16(13)19)5-6-20-9-11-3-4-14(17)15(18)7-11/h3-4,7,10,12-13H,5-6,8-9H2,1-2H3. The molecule has 3 nitrogen and oxygen atoms in total. The molecule has 2 atom stereocenters. The van der Waals surface area contributed by atoms with E-state index < -0.39 is 0 Å². The van der Waals surface area contributed by atoms with Crippen LogP contribution >= 0.6 is 23.2 Å². The summed E-state index contributed by atoms with van der Waals surface area (Å²) in [6.07, 6.45) is 1.52. The van der Waals surface area contributed by atoms with Gasteiger partial charge >= 0.3 is 5.97 Å². The SMILES string of the molecule is CC(C)C1CC(CCOCc2ccc(Cl)c(Cl)c2)OC1=O. The summed E-state index contributed by atoms with van der Waals surface area (Å²) in [7, 11) is 0. The zero-order chi connectivity index (χ0) is 15.4. The molecule has 0 N–H and O–H groups in total. The third kappa shape index (κ3) is 4.60. The Balaban J connectivity index is 1.71. The van der Waals surface area contributed by atoms with Crippen LogP contribution in [0.25, 0.3) is 0 Å². The summed E-state index contributed by atoms with van der Waals surface area (Å²) in [6.45, 7) is 5.14. The second kappa shape index (κ2) is 7.48. The van der Waals surface area contributed by atoms with Crippen molar-refractivity contribution in [2.24, 2.45) is 11.8 Å². The Bertz CT molecular complexity index is 502. The van der Waals surface area contributed by atoms with Crippen LogP contribution in [0.15, 0.2) is 18.2 Å². The summed E-state index contributed by atoms with van der Waals surface area (Å²) in [5, 5.41) is 1.07. The quantitative estimate of drug-likeness (QED) is 0.569. The van der Waals surface area contributed by atoms with Gasteiger partial charge in [-0.15, -0.1) is 0 Å². The Morgan fingerprint density at radius 3 is 2.71 bits per heavy atom. The smallest absolute Gasteiger partial charge is 0.309 e. The number of esters is 1. The van der Waals surface area contributed by atoms with Gasteiger partial charge in [-0.05, 0) is 30.0 Å². The van der Waals surface area contributed by atoms with Gasteiger partial charge in [0.05, 0.1) is 29.2 Å². The van der Waals surface area contributed by atoms with Gasteiger partial charge in [-0.1, -0.05) is 43.1 Å². The molecule has 2 rings (SSSR count). The summed E-state index contributed by atoms with van der Waals surface area (Å²) in [6, 6.07) is 5.45. The fourth-order valence-corrected chi connectivity index (χ4v) is 2.76. The molecule has 21 heavy (non-hydrogen) atoms. The molecule has 1 saturated heterocycles. The molecule has 0 radical (unpaired) electrons. The van der Waals surface area contributed by atoms with Crippen LogP contribution in [-0.4, -0.2) is 18.7 Å². The number of carbonyl (C=O) groups is 1. The first-order chi connectivity index (χ1) is 9.97. The minimum absolute atomic E-state index is 0.0151. The third-order valence-electron chi connectivity index (χ3n) is 3.74. The van der Waals surface area contributed by atoms with E-state index in [4.69, 9.17) is 32.7 Å². The van der Waals surface area contributed by atoms with Crippen molar-refractivity contribution in [2.45, 2.75) is 39.4 Å². The summed E-state index contributed by atoms with van der Waals surface area (Å²) < 4.78 is 11.0. The van der Waals surface area contributed by atoms with Crippen LogP contribution in [0.3, 0.4) is 0 Å². The second-order valence-corrected chi connectivity index (χ2v) is 6.55. The molecule has 1 aliphatic heterocycles. The van der Waals surface area contributed by atoms with Crippen molar-refractivity contribution >= 4 is 29.2 Å². The van der Waals surface area contributed by atoms with Crippen LogP contribution in [0.5, 0.6) is 0 Å². The highest BCUT2D eigenvalue weighted by atomic mass is 35.5. The van der Waals surface area contributed by atoms with E-state index in [9.17, 15) is 4.79 Å². The van der Waals surface area contributed by atoms with Crippen LogP contribution in [0, 0.1) is 11.8 Å². The highest BCUT2D eigenvalue weighted by molar-refractivity contribution is 6.42. The maximum absolute atomic E-state index is 11.7. The highest BCUT2D eigenvalue weighted by Crippen LogP contribution is 2.29. The Kier molecular flexibility index (Phi) is 5.91. The van der Waals surface area contributed by atoms with Crippen LogP contribution in [-0.2, 0) is 20.9 Å². The summed E-state index contributed by atoms with van der Waals surface area (Å²) >= 11 is 11.8.